The van der Waals surface area contributed by atoms with E-state index < -0.39 is 10.0 Å². The zero-order valence-electron chi connectivity index (χ0n) is 11.7. The van der Waals surface area contributed by atoms with Crippen molar-refractivity contribution in [2.45, 2.75) is 36.6 Å². The molecule has 1 N–H and O–H groups in total. The minimum Gasteiger partial charge on any atom is -0.494 e. The molecule has 2 aromatic rings. The van der Waals surface area contributed by atoms with Gasteiger partial charge in [-0.1, -0.05) is 0 Å². The molecule has 0 amide bonds. The molecule has 2 aromatic heterocycles. The number of rotatable bonds is 5. The van der Waals surface area contributed by atoms with Crippen molar-refractivity contribution in [2.75, 3.05) is 7.11 Å². The molecule has 0 atom stereocenters. The van der Waals surface area contributed by atoms with Crippen LogP contribution in [-0.4, -0.2) is 25.1 Å². The molecule has 8 heteroatoms. The molecule has 114 valence electrons. The van der Waals surface area contributed by atoms with E-state index in [1.807, 2.05) is 6.20 Å². The Morgan fingerprint density at radius 1 is 1.48 bits per heavy atom. The van der Waals surface area contributed by atoms with Gasteiger partial charge in [0.2, 0.25) is 0 Å². The first-order valence-corrected chi connectivity index (χ1v) is 9.12. The van der Waals surface area contributed by atoms with Gasteiger partial charge in [-0.25, -0.2) is 18.1 Å². The van der Waals surface area contributed by atoms with Gasteiger partial charge in [-0.2, -0.15) is 0 Å². The number of nitrogens with zero attached hydrogens (tertiary/aromatic N) is 2. The summed E-state index contributed by atoms with van der Waals surface area (Å²) in [5.74, 6) is 1.42. The number of imidazole rings is 1. The topological polar surface area (TPSA) is 73.2 Å². The van der Waals surface area contributed by atoms with Crippen LogP contribution in [0.2, 0.25) is 0 Å². The maximum atomic E-state index is 12.3. The second-order valence-electron chi connectivity index (χ2n) is 4.90. The van der Waals surface area contributed by atoms with Crippen LogP contribution in [0.4, 0.5) is 0 Å². The van der Waals surface area contributed by atoms with Crippen LogP contribution in [0.1, 0.15) is 24.4 Å². The zero-order valence-corrected chi connectivity index (χ0v) is 13.3. The monoisotopic (exact) mass is 327 g/mol. The Morgan fingerprint density at radius 2 is 2.33 bits per heavy atom. The fourth-order valence-corrected chi connectivity index (χ4v) is 4.74. The van der Waals surface area contributed by atoms with Crippen molar-refractivity contribution >= 4 is 21.4 Å². The molecule has 1 aliphatic rings. The number of ether oxygens (including phenoxy) is 1. The third kappa shape index (κ3) is 2.97. The number of sulfonamides is 1. The molecule has 0 aliphatic carbocycles. The zero-order chi connectivity index (χ0) is 14.9. The lowest BCUT2D eigenvalue weighted by Crippen LogP contribution is -2.23. The van der Waals surface area contributed by atoms with Crippen LogP contribution in [0.15, 0.2) is 21.9 Å². The van der Waals surface area contributed by atoms with Gasteiger partial charge in [0.15, 0.2) is 4.21 Å². The Bertz CT molecular complexity index is 710. The molecule has 0 aromatic carbocycles. The van der Waals surface area contributed by atoms with Gasteiger partial charge in [-0.3, -0.25) is 0 Å². The van der Waals surface area contributed by atoms with Gasteiger partial charge in [-0.05, 0) is 24.3 Å². The molecule has 3 heterocycles. The fraction of sp³-hybridized carbons (Fsp3) is 0.462. The lowest BCUT2D eigenvalue weighted by molar-refractivity contribution is 0.406. The molecule has 21 heavy (non-hydrogen) atoms. The lowest BCUT2D eigenvalue weighted by atomic mass is 10.2. The Kier molecular flexibility index (Phi) is 4.01. The summed E-state index contributed by atoms with van der Waals surface area (Å²) < 4.78 is 34.5. The summed E-state index contributed by atoms with van der Waals surface area (Å²) >= 11 is 1.14. The number of hydrogen-bond acceptors (Lipinski definition) is 5. The van der Waals surface area contributed by atoms with Gasteiger partial charge in [0.25, 0.3) is 10.0 Å². The van der Waals surface area contributed by atoms with Crippen molar-refractivity contribution in [3.8, 4) is 5.75 Å². The highest BCUT2D eigenvalue weighted by Crippen LogP contribution is 2.29. The van der Waals surface area contributed by atoms with E-state index in [9.17, 15) is 8.42 Å². The number of thiophene rings is 1. The molecular weight excluding hydrogens is 310 g/mol. The second kappa shape index (κ2) is 5.78. The van der Waals surface area contributed by atoms with Crippen molar-refractivity contribution in [2.24, 2.45) is 0 Å². The third-order valence-electron chi connectivity index (χ3n) is 3.46. The first-order chi connectivity index (χ1) is 10.1. The predicted octanol–water partition coefficient (Wildman–Crippen LogP) is 1.77. The second-order valence-corrected chi connectivity index (χ2v) is 7.78. The minimum atomic E-state index is -3.57. The summed E-state index contributed by atoms with van der Waals surface area (Å²) in [6, 6.07) is 1.65. The van der Waals surface area contributed by atoms with E-state index in [1.165, 1.54) is 7.11 Å². The molecule has 6 nitrogen and oxygen atoms in total. The van der Waals surface area contributed by atoms with Crippen LogP contribution in [0, 0.1) is 0 Å². The van der Waals surface area contributed by atoms with Crippen LogP contribution < -0.4 is 9.46 Å². The van der Waals surface area contributed by atoms with E-state index in [2.05, 4.69) is 14.3 Å². The number of aryl methyl sites for hydroxylation is 2. The summed E-state index contributed by atoms with van der Waals surface area (Å²) in [6.45, 7) is 1.16. The van der Waals surface area contributed by atoms with Gasteiger partial charge in [0.05, 0.1) is 19.3 Å². The van der Waals surface area contributed by atoms with Gasteiger partial charge >= 0.3 is 0 Å². The number of aromatic nitrogens is 2. The molecule has 0 saturated heterocycles. The van der Waals surface area contributed by atoms with Gasteiger partial charge in [-0.15, -0.1) is 11.3 Å². The number of methoxy groups -OCH3 is 1. The van der Waals surface area contributed by atoms with Gasteiger partial charge in [0, 0.05) is 19.2 Å². The average Bonchev–Trinajstić information content (AvgIpc) is 3.11. The number of hydrogen-bond donors (Lipinski definition) is 1. The number of nitrogens with one attached hydrogen (secondary N) is 1. The summed E-state index contributed by atoms with van der Waals surface area (Å²) in [4.78, 5) is 4.49. The first-order valence-electron chi connectivity index (χ1n) is 6.76. The quantitative estimate of drug-likeness (QED) is 0.908. The summed E-state index contributed by atoms with van der Waals surface area (Å²) in [7, 11) is -2.10. The standard InChI is InChI=1S/C13H17N3O3S2/c1-19-11-5-7-20-13(11)21(17,18)14-8-10-9-16-6-3-2-4-12(16)15-10/h5,7,9,14H,2-4,6,8H2,1H3. The third-order valence-corrected chi connectivity index (χ3v) is 6.31. The van der Waals surface area contributed by atoms with Crippen LogP contribution >= 0.6 is 11.3 Å². The van der Waals surface area contributed by atoms with Crippen molar-refractivity contribution in [3.05, 3.63) is 29.2 Å². The Hall–Kier alpha value is -1.38. The van der Waals surface area contributed by atoms with Crippen LogP contribution in [-0.2, 0) is 29.5 Å². The molecule has 0 radical (unpaired) electrons. The van der Waals surface area contributed by atoms with Crippen molar-refractivity contribution in [1.29, 1.82) is 0 Å². The SMILES string of the molecule is COc1ccsc1S(=O)(=O)NCc1cn2c(n1)CCCC2. The largest absolute Gasteiger partial charge is 0.494 e. The molecule has 0 spiro atoms. The highest BCUT2D eigenvalue weighted by atomic mass is 32.2. The lowest BCUT2D eigenvalue weighted by Gasteiger charge is -2.11. The highest BCUT2D eigenvalue weighted by Gasteiger charge is 2.21. The smallest absolute Gasteiger partial charge is 0.254 e. The van der Waals surface area contributed by atoms with E-state index in [0.29, 0.717) is 5.75 Å². The molecule has 0 saturated carbocycles. The van der Waals surface area contributed by atoms with E-state index in [4.69, 9.17) is 4.74 Å². The van der Waals surface area contributed by atoms with E-state index in [1.54, 1.807) is 11.4 Å². The fourth-order valence-electron chi connectivity index (χ4n) is 2.42. The van der Waals surface area contributed by atoms with Crippen molar-refractivity contribution in [3.63, 3.8) is 0 Å². The Balaban J connectivity index is 1.73. The molecule has 3 rings (SSSR count). The normalized spacial score (nSPS) is 14.9. The molecule has 0 unspecified atom stereocenters. The van der Waals surface area contributed by atoms with Crippen LogP contribution in [0.5, 0.6) is 5.75 Å². The van der Waals surface area contributed by atoms with E-state index in [0.717, 1.165) is 48.7 Å². The highest BCUT2D eigenvalue weighted by molar-refractivity contribution is 7.91. The number of fused-ring (bicyclic) bond motifs is 1. The van der Waals surface area contributed by atoms with Gasteiger partial charge in [0.1, 0.15) is 11.6 Å². The van der Waals surface area contributed by atoms with E-state index >= 15 is 0 Å². The maximum absolute atomic E-state index is 12.3. The first kappa shape index (κ1) is 14.6. The minimum absolute atomic E-state index is 0.198. The Morgan fingerprint density at radius 3 is 3.10 bits per heavy atom. The van der Waals surface area contributed by atoms with E-state index in [-0.39, 0.29) is 10.8 Å². The average molecular weight is 327 g/mol. The molecule has 0 fully saturated rings. The van der Waals surface area contributed by atoms with Crippen molar-refractivity contribution in [1.82, 2.24) is 14.3 Å². The maximum Gasteiger partial charge on any atom is 0.254 e. The van der Waals surface area contributed by atoms with Gasteiger partial charge < -0.3 is 9.30 Å². The van der Waals surface area contributed by atoms with Crippen LogP contribution in [0.3, 0.4) is 0 Å². The molecule has 0 bridgehead atoms. The van der Waals surface area contributed by atoms with Crippen LogP contribution in [0.25, 0.3) is 0 Å². The summed E-state index contributed by atoms with van der Waals surface area (Å²) in [5, 5.41) is 1.70. The molecular formula is C13H17N3O3S2. The Labute approximate surface area is 127 Å². The summed E-state index contributed by atoms with van der Waals surface area (Å²) in [6.07, 6.45) is 5.20. The van der Waals surface area contributed by atoms with Crippen molar-refractivity contribution < 1.29 is 13.2 Å². The molecule has 1 aliphatic heterocycles. The summed E-state index contributed by atoms with van der Waals surface area (Å²) in [5.41, 5.74) is 0.756. The predicted molar refractivity (Wildman–Crippen MR) is 80.1 cm³/mol.